The second kappa shape index (κ2) is 4.47. The van der Waals surface area contributed by atoms with Crippen molar-refractivity contribution in [2.75, 3.05) is 0 Å². The lowest BCUT2D eigenvalue weighted by Crippen LogP contribution is -2.50. The van der Waals surface area contributed by atoms with Gasteiger partial charge in [-0.25, -0.2) is 4.79 Å². The molecular weight excluding hydrogens is 254 g/mol. The van der Waals surface area contributed by atoms with Crippen LogP contribution in [0.5, 0.6) is 5.75 Å². The van der Waals surface area contributed by atoms with Crippen LogP contribution in [0.3, 0.4) is 0 Å². The van der Waals surface area contributed by atoms with Crippen molar-refractivity contribution in [2.45, 2.75) is 38.7 Å². The zero-order valence-electron chi connectivity index (χ0n) is 11.6. The number of rotatable bonds is 3. The summed E-state index contributed by atoms with van der Waals surface area (Å²) in [5.74, 6) is -0.266. The molecule has 0 amide bonds. The fourth-order valence-electron chi connectivity index (χ4n) is 2.54. The minimum atomic E-state index is -1.05. The normalized spacial score (nSPS) is 16.7. The number of pyridine rings is 1. The number of carboxylic acid groups (broad SMARTS) is 1. The van der Waals surface area contributed by atoms with Gasteiger partial charge in [0.15, 0.2) is 0 Å². The van der Waals surface area contributed by atoms with E-state index in [4.69, 9.17) is 4.74 Å². The Morgan fingerprint density at radius 1 is 1.30 bits per heavy atom. The number of carbonyl (C=O) groups is 1. The minimum Gasteiger partial charge on any atom is -0.478 e. The Labute approximate surface area is 117 Å². The van der Waals surface area contributed by atoms with Crippen LogP contribution in [0.4, 0.5) is 0 Å². The first-order chi connectivity index (χ1) is 9.52. The second-order valence-electron chi connectivity index (χ2n) is 5.52. The molecule has 0 radical (unpaired) electrons. The van der Waals surface area contributed by atoms with Crippen molar-refractivity contribution in [3.63, 3.8) is 0 Å². The van der Waals surface area contributed by atoms with Gasteiger partial charge in [-0.15, -0.1) is 0 Å². The van der Waals surface area contributed by atoms with Gasteiger partial charge < -0.3 is 9.84 Å². The third kappa shape index (κ3) is 1.92. The molecule has 1 saturated carbocycles. The summed E-state index contributed by atoms with van der Waals surface area (Å²) in [6, 6.07) is 5.77. The summed E-state index contributed by atoms with van der Waals surface area (Å²) in [7, 11) is 0. The highest BCUT2D eigenvalue weighted by molar-refractivity contribution is 5.87. The molecule has 1 aliphatic carbocycles. The van der Waals surface area contributed by atoms with E-state index in [1.807, 2.05) is 26.0 Å². The highest BCUT2D eigenvalue weighted by atomic mass is 16.5. The zero-order chi connectivity index (χ0) is 14.3. The molecule has 0 bridgehead atoms. The first kappa shape index (κ1) is 12.9. The molecule has 4 nitrogen and oxygen atoms in total. The molecule has 20 heavy (non-hydrogen) atoms. The van der Waals surface area contributed by atoms with E-state index in [9.17, 15) is 9.90 Å². The van der Waals surface area contributed by atoms with E-state index < -0.39 is 11.6 Å². The lowest BCUT2D eigenvalue weighted by atomic mass is 9.80. The Morgan fingerprint density at radius 3 is 2.60 bits per heavy atom. The first-order valence-corrected chi connectivity index (χ1v) is 6.80. The summed E-state index contributed by atoms with van der Waals surface area (Å²) in [6.45, 7) is 4.07. The molecule has 1 aromatic heterocycles. The van der Waals surface area contributed by atoms with Gasteiger partial charge in [0.05, 0.1) is 5.52 Å². The van der Waals surface area contributed by atoms with Crippen LogP contribution >= 0.6 is 0 Å². The van der Waals surface area contributed by atoms with Crippen LogP contribution in [0, 0.1) is 13.8 Å². The van der Waals surface area contributed by atoms with Gasteiger partial charge in [-0.3, -0.25) is 4.98 Å². The summed E-state index contributed by atoms with van der Waals surface area (Å²) in [5, 5.41) is 10.3. The summed E-state index contributed by atoms with van der Waals surface area (Å²) >= 11 is 0. The van der Waals surface area contributed by atoms with Gasteiger partial charge >= 0.3 is 5.97 Å². The number of fused-ring (bicyclic) bond motifs is 1. The average Bonchev–Trinajstić information content (AvgIpc) is 2.35. The van der Waals surface area contributed by atoms with Crippen molar-refractivity contribution < 1.29 is 14.6 Å². The quantitative estimate of drug-likeness (QED) is 0.931. The molecule has 3 rings (SSSR count). The lowest BCUT2D eigenvalue weighted by Gasteiger charge is -2.37. The summed E-state index contributed by atoms with van der Waals surface area (Å²) in [6.07, 6.45) is 3.70. The zero-order valence-corrected chi connectivity index (χ0v) is 11.6. The standard InChI is InChI=1S/C16H17NO3/c1-10-8-12-13(9-11(10)2)17-7-4-14(12)20-16(15(18)19)5-3-6-16/h4,7-9H,3,5-6H2,1-2H3,(H,18,19). The number of hydrogen-bond donors (Lipinski definition) is 1. The Bertz CT molecular complexity index is 689. The van der Waals surface area contributed by atoms with Crippen LogP contribution < -0.4 is 4.74 Å². The largest absolute Gasteiger partial charge is 0.478 e. The van der Waals surface area contributed by atoms with Crippen LogP contribution in [0.15, 0.2) is 24.4 Å². The molecule has 1 fully saturated rings. The molecule has 1 N–H and O–H groups in total. The van der Waals surface area contributed by atoms with Crippen LogP contribution in [0.2, 0.25) is 0 Å². The average molecular weight is 271 g/mol. The molecule has 0 unspecified atom stereocenters. The lowest BCUT2D eigenvalue weighted by molar-refractivity contribution is -0.163. The fraction of sp³-hybridized carbons (Fsp3) is 0.375. The molecular formula is C16H17NO3. The Hall–Kier alpha value is -2.10. The molecule has 1 heterocycles. The van der Waals surface area contributed by atoms with Crippen molar-refractivity contribution in [3.05, 3.63) is 35.5 Å². The van der Waals surface area contributed by atoms with E-state index in [0.29, 0.717) is 18.6 Å². The number of hydrogen-bond acceptors (Lipinski definition) is 3. The number of aliphatic carboxylic acids is 1. The van der Waals surface area contributed by atoms with E-state index in [-0.39, 0.29) is 0 Å². The fourth-order valence-corrected chi connectivity index (χ4v) is 2.54. The molecule has 4 heteroatoms. The number of aromatic nitrogens is 1. The van der Waals surface area contributed by atoms with Gasteiger partial charge in [-0.05, 0) is 62.4 Å². The van der Waals surface area contributed by atoms with E-state index in [0.717, 1.165) is 22.9 Å². The van der Waals surface area contributed by atoms with Crippen molar-refractivity contribution in [2.24, 2.45) is 0 Å². The van der Waals surface area contributed by atoms with Crippen molar-refractivity contribution in [1.29, 1.82) is 0 Å². The minimum absolute atomic E-state index is 0.566. The van der Waals surface area contributed by atoms with Crippen molar-refractivity contribution >= 4 is 16.9 Å². The van der Waals surface area contributed by atoms with E-state index in [2.05, 4.69) is 4.98 Å². The predicted octanol–water partition coefficient (Wildman–Crippen LogP) is 3.24. The second-order valence-corrected chi connectivity index (χ2v) is 5.52. The number of aryl methyl sites for hydroxylation is 2. The van der Waals surface area contributed by atoms with Crippen molar-refractivity contribution in [3.8, 4) is 5.75 Å². The molecule has 1 aromatic carbocycles. The van der Waals surface area contributed by atoms with Gasteiger partial charge in [0.2, 0.25) is 5.60 Å². The Balaban J connectivity index is 2.08. The van der Waals surface area contributed by atoms with Gasteiger partial charge in [-0.2, -0.15) is 0 Å². The molecule has 0 atom stereocenters. The number of carboxylic acids is 1. The Kier molecular flexibility index (Phi) is 2.89. The summed E-state index contributed by atoms with van der Waals surface area (Å²) < 4.78 is 5.87. The maximum Gasteiger partial charge on any atom is 0.348 e. The topological polar surface area (TPSA) is 59.4 Å². The SMILES string of the molecule is Cc1cc2nccc(OC3(C(=O)O)CCC3)c2cc1C. The first-order valence-electron chi connectivity index (χ1n) is 6.80. The summed E-state index contributed by atoms with van der Waals surface area (Å²) in [4.78, 5) is 15.8. The molecule has 2 aromatic rings. The molecule has 0 saturated heterocycles. The van der Waals surface area contributed by atoms with Gasteiger partial charge in [0.1, 0.15) is 5.75 Å². The van der Waals surface area contributed by atoms with Crippen molar-refractivity contribution in [1.82, 2.24) is 4.98 Å². The molecule has 0 spiro atoms. The monoisotopic (exact) mass is 271 g/mol. The van der Waals surface area contributed by atoms with E-state index in [1.54, 1.807) is 12.3 Å². The maximum atomic E-state index is 11.4. The number of benzene rings is 1. The van der Waals surface area contributed by atoms with Crippen LogP contribution in [0.25, 0.3) is 10.9 Å². The Morgan fingerprint density at radius 2 is 2.00 bits per heavy atom. The molecule has 1 aliphatic rings. The molecule has 0 aliphatic heterocycles. The number of ether oxygens (including phenoxy) is 1. The van der Waals surface area contributed by atoms with Crippen LogP contribution in [-0.2, 0) is 4.79 Å². The number of nitrogens with zero attached hydrogens (tertiary/aromatic N) is 1. The molecule has 104 valence electrons. The highest BCUT2D eigenvalue weighted by Crippen LogP contribution is 2.39. The predicted molar refractivity (Wildman–Crippen MR) is 76.1 cm³/mol. The van der Waals surface area contributed by atoms with E-state index in [1.165, 1.54) is 5.56 Å². The smallest absolute Gasteiger partial charge is 0.348 e. The maximum absolute atomic E-state index is 11.4. The van der Waals surface area contributed by atoms with E-state index >= 15 is 0 Å². The van der Waals surface area contributed by atoms with Gasteiger partial charge in [-0.1, -0.05) is 0 Å². The highest BCUT2D eigenvalue weighted by Gasteiger charge is 2.47. The summed E-state index contributed by atoms with van der Waals surface area (Å²) in [5.41, 5.74) is 2.10. The van der Waals surface area contributed by atoms with Gasteiger partial charge in [0.25, 0.3) is 0 Å². The van der Waals surface area contributed by atoms with Crippen LogP contribution in [-0.4, -0.2) is 21.7 Å². The van der Waals surface area contributed by atoms with Gasteiger partial charge in [0, 0.05) is 11.6 Å². The third-order valence-corrected chi connectivity index (χ3v) is 4.17. The van der Waals surface area contributed by atoms with Crippen LogP contribution in [0.1, 0.15) is 30.4 Å². The third-order valence-electron chi connectivity index (χ3n) is 4.17.